The fraction of sp³-hybridized carbons (Fsp3) is 0.320. The summed E-state index contributed by atoms with van der Waals surface area (Å²) in [5.74, 6) is 1.18. The highest BCUT2D eigenvalue weighted by Crippen LogP contribution is 2.34. The van der Waals surface area contributed by atoms with Gasteiger partial charge < -0.3 is 15.2 Å². The van der Waals surface area contributed by atoms with Crippen LogP contribution in [-0.4, -0.2) is 44.0 Å². The van der Waals surface area contributed by atoms with Gasteiger partial charge in [-0.3, -0.25) is 9.89 Å². The molecular formula is C25H29N5O3. The summed E-state index contributed by atoms with van der Waals surface area (Å²) in [7, 11) is 0. The zero-order valence-corrected chi connectivity index (χ0v) is 19.6. The molecule has 8 nitrogen and oxygen atoms in total. The molecule has 0 unspecified atom stereocenters. The molecule has 2 aromatic heterocycles. The number of hydrogen-bond acceptors (Lipinski definition) is 5. The Bertz CT molecular complexity index is 1340. The van der Waals surface area contributed by atoms with Gasteiger partial charge in [-0.2, -0.15) is 0 Å². The van der Waals surface area contributed by atoms with Gasteiger partial charge in [0.2, 0.25) is 5.91 Å². The number of rotatable bonds is 7. The third-order valence-electron chi connectivity index (χ3n) is 5.70. The summed E-state index contributed by atoms with van der Waals surface area (Å²) in [5, 5.41) is 24.1. The lowest BCUT2D eigenvalue weighted by Gasteiger charge is -2.18. The van der Waals surface area contributed by atoms with E-state index in [0.717, 1.165) is 50.4 Å². The fourth-order valence-electron chi connectivity index (χ4n) is 4.29. The standard InChI is InChI=1S/C25H29N5O3/c1-14-6-7-20(33-9-8-31)19(10-14)13-22(32)26-24-16(3)11-15(2)23(18(24)5)25-28-27-21-12-17(4)29-30(21)25/h6-7,10-12,29,31H,8-9,13H2,1-5H3,(H,26,32). The number of carbonyl (C=O) groups excluding carboxylic acids is 1. The van der Waals surface area contributed by atoms with Crippen LogP contribution < -0.4 is 10.1 Å². The number of hydrogen-bond donors (Lipinski definition) is 3. The maximum Gasteiger partial charge on any atom is 0.228 e. The summed E-state index contributed by atoms with van der Waals surface area (Å²) in [5.41, 5.74) is 8.24. The molecule has 4 aromatic rings. The van der Waals surface area contributed by atoms with E-state index in [4.69, 9.17) is 9.84 Å². The number of nitrogens with zero attached hydrogens (tertiary/aromatic N) is 3. The minimum atomic E-state index is -0.141. The molecule has 0 bridgehead atoms. The highest BCUT2D eigenvalue weighted by Gasteiger charge is 2.20. The Hall–Kier alpha value is -3.65. The molecule has 2 heterocycles. The van der Waals surface area contributed by atoms with E-state index < -0.39 is 0 Å². The second-order valence-corrected chi connectivity index (χ2v) is 8.45. The van der Waals surface area contributed by atoms with Gasteiger partial charge in [-0.15, -0.1) is 10.2 Å². The maximum atomic E-state index is 13.1. The number of anilines is 1. The Morgan fingerprint density at radius 3 is 2.64 bits per heavy atom. The number of benzene rings is 2. The van der Waals surface area contributed by atoms with Crippen LogP contribution in [0.3, 0.4) is 0 Å². The molecule has 172 valence electrons. The number of aromatic nitrogens is 4. The van der Waals surface area contributed by atoms with Crippen LogP contribution in [0.4, 0.5) is 5.69 Å². The van der Waals surface area contributed by atoms with Crippen LogP contribution in [0.5, 0.6) is 5.75 Å². The number of fused-ring (bicyclic) bond motifs is 1. The number of aliphatic hydroxyl groups is 1. The van der Waals surface area contributed by atoms with E-state index in [2.05, 4.69) is 26.7 Å². The second-order valence-electron chi connectivity index (χ2n) is 8.45. The number of H-pyrrole nitrogens is 1. The van der Waals surface area contributed by atoms with Crippen LogP contribution in [0.1, 0.15) is 33.5 Å². The molecule has 0 aliphatic carbocycles. The summed E-state index contributed by atoms with van der Waals surface area (Å²) in [6.45, 7) is 10.1. The molecule has 8 heteroatoms. The number of amides is 1. The lowest BCUT2D eigenvalue weighted by Crippen LogP contribution is -2.17. The quantitative estimate of drug-likeness (QED) is 0.400. The fourth-order valence-corrected chi connectivity index (χ4v) is 4.29. The van der Waals surface area contributed by atoms with Crippen LogP contribution in [0.15, 0.2) is 30.3 Å². The zero-order valence-electron chi connectivity index (χ0n) is 19.6. The van der Waals surface area contributed by atoms with E-state index in [0.29, 0.717) is 11.6 Å². The normalized spacial score (nSPS) is 11.2. The predicted octanol–water partition coefficient (Wildman–Crippen LogP) is 3.82. The molecule has 0 fully saturated rings. The van der Waals surface area contributed by atoms with Crippen molar-refractivity contribution in [1.82, 2.24) is 19.8 Å². The molecular weight excluding hydrogens is 418 g/mol. The monoisotopic (exact) mass is 447 g/mol. The maximum absolute atomic E-state index is 13.1. The number of carbonyl (C=O) groups is 1. The molecule has 4 rings (SSSR count). The Kier molecular flexibility index (Phi) is 6.20. The molecule has 3 N–H and O–H groups in total. The van der Waals surface area contributed by atoms with Crippen molar-refractivity contribution in [2.24, 2.45) is 0 Å². The first-order chi connectivity index (χ1) is 15.8. The van der Waals surface area contributed by atoms with Crippen molar-refractivity contribution < 1.29 is 14.6 Å². The Morgan fingerprint density at radius 1 is 1.09 bits per heavy atom. The summed E-state index contributed by atoms with van der Waals surface area (Å²) in [4.78, 5) is 13.1. The first-order valence-corrected chi connectivity index (χ1v) is 10.9. The summed E-state index contributed by atoms with van der Waals surface area (Å²) in [6.07, 6.45) is 0.162. The Morgan fingerprint density at radius 2 is 1.88 bits per heavy atom. The predicted molar refractivity (Wildman–Crippen MR) is 128 cm³/mol. The topological polar surface area (TPSA) is 105 Å². The van der Waals surface area contributed by atoms with Crippen molar-refractivity contribution in [3.8, 4) is 17.1 Å². The van der Waals surface area contributed by atoms with Crippen LogP contribution >= 0.6 is 0 Å². The molecule has 0 spiro atoms. The number of nitrogens with one attached hydrogen (secondary N) is 2. The van der Waals surface area contributed by atoms with Crippen molar-refractivity contribution in [3.05, 3.63) is 63.8 Å². The average Bonchev–Trinajstić information content (AvgIpc) is 3.30. The lowest BCUT2D eigenvalue weighted by atomic mass is 9.96. The highest BCUT2D eigenvalue weighted by atomic mass is 16.5. The van der Waals surface area contributed by atoms with E-state index in [1.54, 1.807) is 0 Å². The molecule has 0 aliphatic rings. The molecule has 2 aromatic carbocycles. The third kappa shape index (κ3) is 4.47. The summed E-state index contributed by atoms with van der Waals surface area (Å²) in [6, 6.07) is 9.69. The third-order valence-corrected chi connectivity index (χ3v) is 5.70. The van der Waals surface area contributed by atoms with E-state index in [9.17, 15) is 4.79 Å². The Labute approximate surface area is 192 Å². The molecule has 1 amide bonds. The van der Waals surface area contributed by atoms with Crippen molar-refractivity contribution in [2.45, 2.75) is 41.0 Å². The van der Waals surface area contributed by atoms with Gasteiger partial charge in [-0.25, -0.2) is 4.52 Å². The largest absolute Gasteiger partial charge is 0.491 e. The van der Waals surface area contributed by atoms with Crippen LogP contribution in [-0.2, 0) is 11.2 Å². The second kappa shape index (κ2) is 9.07. The van der Waals surface area contributed by atoms with Crippen molar-refractivity contribution in [1.29, 1.82) is 0 Å². The van der Waals surface area contributed by atoms with Gasteiger partial charge in [-0.1, -0.05) is 23.8 Å². The zero-order chi connectivity index (χ0) is 23.7. The molecule has 0 radical (unpaired) electrons. The van der Waals surface area contributed by atoms with Crippen molar-refractivity contribution >= 4 is 17.2 Å². The Balaban J connectivity index is 1.66. The molecule has 33 heavy (non-hydrogen) atoms. The van der Waals surface area contributed by atoms with Gasteiger partial charge in [0, 0.05) is 28.6 Å². The SMILES string of the molecule is Cc1ccc(OCCO)c(CC(=O)Nc2c(C)cc(C)c(-c3nnc4cc(C)[nH]n34)c2C)c1. The molecule has 0 atom stereocenters. The summed E-state index contributed by atoms with van der Waals surface area (Å²) < 4.78 is 7.48. The van der Waals surface area contributed by atoms with E-state index in [-0.39, 0.29) is 25.5 Å². The molecule has 0 saturated carbocycles. The van der Waals surface area contributed by atoms with Gasteiger partial charge in [0.05, 0.1) is 13.0 Å². The van der Waals surface area contributed by atoms with E-state index >= 15 is 0 Å². The number of ether oxygens (including phenoxy) is 1. The lowest BCUT2D eigenvalue weighted by molar-refractivity contribution is -0.115. The average molecular weight is 448 g/mol. The molecule has 0 saturated heterocycles. The van der Waals surface area contributed by atoms with Gasteiger partial charge in [0.15, 0.2) is 11.5 Å². The van der Waals surface area contributed by atoms with Crippen LogP contribution in [0.2, 0.25) is 0 Å². The van der Waals surface area contributed by atoms with Gasteiger partial charge in [-0.05, 0) is 57.4 Å². The minimum Gasteiger partial charge on any atom is -0.491 e. The van der Waals surface area contributed by atoms with Crippen LogP contribution in [0, 0.1) is 34.6 Å². The van der Waals surface area contributed by atoms with Crippen molar-refractivity contribution in [3.63, 3.8) is 0 Å². The summed E-state index contributed by atoms with van der Waals surface area (Å²) >= 11 is 0. The smallest absolute Gasteiger partial charge is 0.228 e. The van der Waals surface area contributed by atoms with Gasteiger partial charge >= 0.3 is 0 Å². The van der Waals surface area contributed by atoms with Crippen LogP contribution in [0.25, 0.3) is 17.0 Å². The number of aromatic amines is 1. The highest BCUT2D eigenvalue weighted by molar-refractivity contribution is 5.95. The van der Waals surface area contributed by atoms with Gasteiger partial charge in [0.25, 0.3) is 0 Å². The number of aliphatic hydroxyl groups excluding tert-OH is 1. The number of aryl methyl sites for hydroxylation is 4. The van der Waals surface area contributed by atoms with E-state index in [1.807, 2.05) is 63.4 Å². The minimum absolute atomic E-state index is 0.0831. The molecule has 0 aliphatic heterocycles. The first-order valence-electron chi connectivity index (χ1n) is 10.9. The van der Waals surface area contributed by atoms with E-state index in [1.165, 1.54) is 0 Å². The van der Waals surface area contributed by atoms with Crippen molar-refractivity contribution in [2.75, 3.05) is 18.5 Å². The first kappa shape index (κ1) is 22.5. The van der Waals surface area contributed by atoms with Gasteiger partial charge in [0.1, 0.15) is 12.4 Å².